The maximum atomic E-state index is 12.8. The molecule has 0 spiro atoms. The highest BCUT2D eigenvalue weighted by Gasteiger charge is 2.17. The van der Waals surface area contributed by atoms with Gasteiger partial charge in [0.15, 0.2) is 11.5 Å². The molecule has 35 heavy (non-hydrogen) atoms. The molecule has 0 aliphatic carbocycles. The SMILES string of the molecule is CN(Cc1ccc2c(c1)OCCO2)C(=O)CSc1nnc(-c2ccccc2)c(-c2ccccc2)n1. The standard InChI is InChI=1S/C27H24N4O3S/c1-31(17-19-12-13-22-23(16-19)34-15-14-33-22)24(32)18-35-27-28-25(20-8-4-2-5-9-20)26(29-30-27)21-10-6-3-7-11-21/h2-13,16H,14-15,17-18H2,1H3. The minimum absolute atomic E-state index is 0.0260. The minimum Gasteiger partial charge on any atom is -0.486 e. The van der Waals surface area contributed by atoms with E-state index < -0.39 is 0 Å². The van der Waals surface area contributed by atoms with Gasteiger partial charge < -0.3 is 14.4 Å². The largest absolute Gasteiger partial charge is 0.486 e. The average Bonchev–Trinajstić information content (AvgIpc) is 2.92. The highest BCUT2D eigenvalue weighted by molar-refractivity contribution is 7.99. The molecule has 0 unspecified atom stereocenters. The lowest BCUT2D eigenvalue weighted by atomic mass is 10.0. The Morgan fingerprint density at radius 2 is 1.51 bits per heavy atom. The van der Waals surface area contributed by atoms with Gasteiger partial charge in [-0.3, -0.25) is 4.79 Å². The smallest absolute Gasteiger partial charge is 0.233 e. The summed E-state index contributed by atoms with van der Waals surface area (Å²) in [6.45, 7) is 1.55. The first kappa shape index (κ1) is 22.9. The second-order valence-corrected chi connectivity index (χ2v) is 8.98. The molecule has 0 atom stereocenters. The van der Waals surface area contributed by atoms with Gasteiger partial charge in [-0.2, -0.15) is 0 Å². The zero-order valence-corrected chi connectivity index (χ0v) is 20.1. The van der Waals surface area contributed by atoms with Crippen molar-refractivity contribution in [2.75, 3.05) is 26.0 Å². The molecule has 0 saturated heterocycles. The molecule has 1 aliphatic heterocycles. The number of hydrogen-bond acceptors (Lipinski definition) is 7. The van der Waals surface area contributed by atoms with Gasteiger partial charge in [0.2, 0.25) is 11.1 Å². The molecule has 3 aromatic carbocycles. The summed E-state index contributed by atoms with van der Waals surface area (Å²) >= 11 is 1.28. The molecule has 0 N–H and O–H groups in total. The lowest BCUT2D eigenvalue weighted by Gasteiger charge is -2.21. The minimum atomic E-state index is -0.0260. The van der Waals surface area contributed by atoms with Gasteiger partial charge in [0.25, 0.3) is 0 Å². The second kappa shape index (κ2) is 10.6. The predicted molar refractivity (Wildman–Crippen MR) is 135 cm³/mol. The first-order valence-corrected chi connectivity index (χ1v) is 12.3. The van der Waals surface area contributed by atoms with E-state index in [9.17, 15) is 4.79 Å². The molecule has 5 rings (SSSR count). The zero-order valence-electron chi connectivity index (χ0n) is 19.3. The molecule has 1 amide bonds. The van der Waals surface area contributed by atoms with Crippen molar-refractivity contribution in [1.82, 2.24) is 20.1 Å². The van der Waals surface area contributed by atoms with Crippen LogP contribution < -0.4 is 9.47 Å². The van der Waals surface area contributed by atoms with E-state index in [-0.39, 0.29) is 11.7 Å². The number of aromatic nitrogens is 3. The van der Waals surface area contributed by atoms with Gasteiger partial charge in [0, 0.05) is 24.7 Å². The fourth-order valence-corrected chi connectivity index (χ4v) is 4.47. The molecular weight excluding hydrogens is 460 g/mol. The Labute approximate surface area is 208 Å². The third-order valence-electron chi connectivity index (χ3n) is 5.54. The van der Waals surface area contributed by atoms with Gasteiger partial charge in [0.05, 0.1) is 5.75 Å². The van der Waals surface area contributed by atoms with E-state index in [0.717, 1.165) is 33.9 Å². The summed E-state index contributed by atoms with van der Waals surface area (Å²) in [6, 6.07) is 25.5. The van der Waals surface area contributed by atoms with E-state index in [1.54, 1.807) is 11.9 Å². The molecule has 176 valence electrons. The normalized spacial score (nSPS) is 12.3. The molecule has 2 heterocycles. The van der Waals surface area contributed by atoms with Gasteiger partial charge in [0.1, 0.15) is 24.6 Å². The Morgan fingerprint density at radius 3 is 2.23 bits per heavy atom. The van der Waals surface area contributed by atoms with Gasteiger partial charge in [-0.05, 0) is 17.7 Å². The van der Waals surface area contributed by atoms with E-state index in [4.69, 9.17) is 14.5 Å². The van der Waals surface area contributed by atoms with Crippen LogP contribution >= 0.6 is 11.8 Å². The maximum Gasteiger partial charge on any atom is 0.233 e. The topological polar surface area (TPSA) is 77.4 Å². The third kappa shape index (κ3) is 5.44. The van der Waals surface area contributed by atoms with Crippen LogP contribution in [-0.2, 0) is 11.3 Å². The quantitative estimate of drug-likeness (QED) is 0.351. The van der Waals surface area contributed by atoms with Crippen molar-refractivity contribution < 1.29 is 14.3 Å². The number of carbonyl (C=O) groups is 1. The molecule has 1 aromatic heterocycles. The Hall–Kier alpha value is -3.91. The van der Waals surface area contributed by atoms with E-state index in [2.05, 4.69) is 10.2 Å². The second-order valence-electron chi connectivity index (χ2n) is 8.04. The first-order chi connectivity index (χ1) is 17.2. The van der Waals surface area contributed by atoms with E-state index in [0.29, 0.717) is 30.6 Å². The van der Waals surface area contributed by atoms with Crippen LogP contribution in [0.3, 0.4) is 0 Å². The molecule has 0 radical (unpaired) electrons. The molecule has 0 saturated carbocycles. The summed E-state index contributed by atoms with van der Waals surface area (Å²) in [4.78, 5) is 19.3. The van der Waals surface area contributed by atoms with Crippen molar-refractivity contribution in [1.29, 1.82) is 0 Å². The van der Waals surface area contributed by atoms with Crippen LogP contribution in [0.1, 0.15) is 5.56 Å². The van der Waals surface area contributed by atoms with Crippen LogP contribution in [0, 0.1) is 0 Å². The van der Waals surface area contributed by atoms with Crippen LogP contribution in [0.2, 0.25) is 0 Å². The number of thioether (sulfide) groups is 1. The summed E-state index contributed by atoms with van der Waals surface area (Å²) in [6.07, 6.45) is 0. The average molecular weight is 485 g/mol. The van der Waals surface area contributed by atoms with Crippen molar-refractivity contribution in [3.05, 3.63) is 84.4 Å². The van der Waals surface area contributed by atoms with Crippen LogP contribution in [-0.4, -0.2) is 52.0 Å². The van der Waals surface area contributed by atoms with Gasteiger partial charge in [-0.1, -0.05) is 78.5 Å². The summed E-state index contributed by atoms with van der Waals surface area (Å²) < 4.78 is 11.2. The molecule has 7 nitrogen and oxygen atoms in total. The van der Waals surface area contributed by atoms with Crippen molar-refractivity contribution in [2.24, 2.45) is 0 Å². The van der Waals surface area contributed by atoms with Gasteiger partial charge in [-0.25, -0.2) is 4.98 Å². The highest BCUT2D eigenvalue weighted by atomic mass is 32.2. The van der Waals surface area contributed by atoms with Gasteiger partial charge >= 0.3 is 0 Å². The Morgan fingerprint density at radius 1 is 0.857 bits per heavy atom. The third-order valence-corrected chi connectivity index (χ3v) is 6.36. The van der Waals surface area contributed by atoms with Crippen LogP contribution in [0.15, 0.2) is 84.0 Å². The number of rotatable bonds is 7. The summed E-state index contributed by atoms with van der Waals surface area (Å²) in [5.41, 5.74) is 4.32. The van der Waals surface area contributed by atoms with E-state index in [1.807, 2.05) is 78.9 Å². The Kier molecular flexibility index (Phi) is 6.90. The molecule has 0 bridgehead atoms. The number of hydrogen-bond donors (Lipinski definition) is 0. The number of ether oxygens (including phenoxy) is 2. The first-order valence-electron chi connectivity index (χ1n) is 11.3. The van der Waals surface area contributed by atoms with Crippen molar-refractivity contribution in [2.45, 2.75) is 11.7 Å². The Bertz CT molecular complexity index is 1320. The fraction of sp³-hybridized carbons (Fsp3) is 0.185. The van der Waals surface area contributed by atoms with Crippen molar-refractivity contribution >= 4 is 17.7 Å². The van der Waals surface area contributed by atoms with E-state index in [1.165, 1.54) is 11.8 Å². The monoisotopic (exact) mass is 484 g/mol. The predicted octanol–water partition coefficient (Wildman–Crippen LogP) is 4.73. The Balaban J connectivity index is 1.29. The zero-order chi connectivity index (χ0) is 24.0. The number of fused-ring (bicyclic) bond motifs is 1. The lowest BCUT2D eigenvalue weighted by Crippen LogP contribution is -2.28. The molecule has 1 aliphatic rings. The maximum absolute atomic E-state index is 12.8. The van der Waals surface area contributed by atoms with Crippen molar-refractivity contribution in [3.63, 3.8) is 0 Å². The summed E-state index contributed by atoms with van der Waals surface area (Å²) in [5.74, 6) is 1.64. The molecule has 8 heteroatoms. The number of amides is 1. The van der Waals surface area contributed by atoms with Crippen LogP contribution in [0.25, 0.3) is 22.5 Å². The van der Waals surface area contributed by atoms with E-state index >= 15 is 0 Å². The number of carbonyl (C=O) groups excluding carboxylic acids is 1. The van der Waals surface area contributed by atoms with Crippen LogP contribution in [0.4, 0.5) is 0 Å². The van der Waals surface area contributed by atoms with Crippen LogP contribution in [0.5, 0.6) is 11.5 Å². The summed E-state index contributed by atoms with van der Waals surface area (Å²) in [5, 5.41) is 9.24. The van der Waals surface area contributed by atoms with Crippen molar-refractivity contribution in [3.8, 4) is 34.0 Å². The molecular formula is C27H24N4O3S. The number of nitrogens with zero attached hydrogens (tertiary/aromatic N) is 4. The van der Waals surface area contributed by atoms with Gasteiger partial charge in [-0.15, -0.1) is 10.2 Å². The highest BCUT2D eigenvalue weighted by Crippen LogP contribution is 2.32. The fourth-order valence-electron chi connectivity index (χ4n) is 3.74. The molecule has 0 fully saturated rings. The molecule has 4 aromatic rings. The summed E-state index contributed by atoms with van der Waals surface area (Å²) in [7, 11) is 1.78. The number of benzene rings is 3. The lowest BCUT2D eigenvalue weighted by molar-refractivity contribution is -0.127.